The molecular weight excluding hydrogens is 306 g/mol. The first-order valence-corrected chi connectivity index (χ1v) is 6.59. The summed E-state index contributed by atoms with van der Waals surface area (Å²) < 4.78 is 29.6. The van der Waals surface area contributed by atoms with E-state index < -0.39 is 22.9 Å². The Morgan fingerprint density at radius 3 is 2.65 bits per heavy atom. The molecule has 0 fully saturated rings. The van der Waals surface area contributed by atoms with Crippen LogP contribution < -0.4 is 11.2 Å². The van der Waals surface area contributed by atoms with Crippen LogP contribution in [-0.4, -0.2) is 18.7 Å². The van der Waals surface area contributed by atoms with Gasteiger partial charge in [-0.05, 0) is 19.1 Å². The molecule has 0 atom stereocenters. The first-order valence-electron chi connectivity index (χ1n) is 6.59. The van der Waals surface area contributed by atoms with E-state index in [-0.39, 0.29) is 17.9 Å². The van der Waals surface area contributed by atoms with E-state index in [9.17, 15) is 18.4 Å². The zero-order valence-corrected chi connectivity index (χ0v) is 12.0. The molecule has 0 aliphatic carbocycles. The second kappa shape index (κ2) is 5.53. The summed E-state index contributed by atoms with van der Waals surface area (Å²) in [5, 5.41) is 3.94. The lowest BCUT2D eigenvalue weighted by molar-refractivity contribution is 0.508. The molecule has 116 valence electrons. The van der Waals surface area contributed by atoms with Gasteiger partial charge in [0, 0.05) is 18.5 Å². The van der Waals surface area contributed by atoms with Gasteiger partial charge in [-0.1, -0.05) is 5.92 Å². The second-order valence-electron chi connectivity index (χ2n) is 4.63. The minimum Gasteiger partial charge on any atom is -0.279 e. The van der Waals surface area contributed by atoms with Crippen molar-refractivity contribution in [1.82, 2.24) is 18.7 Å². The topological polar surface area (TPSA) is 61.3 Å². The average Bonchev–Trinajstić information content (AvgIpc) is 2.86. The molecular formula is C15H10F2N4O2. The molecule has 0 saturated carbocycles. The summed E-state index contributed by atoms with van der Waals surface area (Å²) in [6.45, 7) is 1.68. The maximum absolute atomic E-state index is 13.3. The zero-order chi connectivity index (χ0) is 16.6. The first kappa shape index (κ1) is 14.7. The Morgan fingerprint density at radius 1 is 1.17 bits per heavy atom. The van der Waals surface area contributed by atoms with Gasteiger partial charge in [0.2, 0.25) is 5.65 Å². The molecule has 0 unspecified atom stereocenters. The molecule has 0 bridgehead atoms. The van der Waals surface area contributed by atoms with Crippen LogP contribution in [0, 0.1) is 23.5 Å². The Morgan fingerprint density at radius 2 is 1.96 bits per heavy atom. The molecule has 23 heavy (non-hydrogen) atoms. The SMILES string of the molecule is CC#CCn1nc2c(=O)n(-c3ccc(F)c(F)c3)ccn2c1=O. The smallest absolute Gasteiger partial charge is 0.279 e. The van der Waals surface area contributed by atoms with Gasteiger partial charge in [0.25, 0.3) is 0 Å². The Kier molecular flexibility index (Phi) is 3.54. The monoisotopic (exact) mass is 316 g/mol. The number of rotatable bonds is 2. The Hall–Kier alpha value is -3.21. The van der Waals surface area contributed by atoms with Gasteiger partial charge in [-0.15, -0.1) is 11.0 Å². The van der Waals surface area contributed by atoms with Crippen LogP contribution in [0.15, 0.2) is 40.2 Å². The van der Waals surface area contributed by atoms with E-state index in [0.29, 0.717) is 0 Å². The molecule has 0 aliphatic rings. The second-order valence-corrected chi connectivity index (χ2v) is 4.63. The summed E-state index contributed by atoms with van der Waals surface area (Å²) >= 11 is 0. The average molecular weight is 316 g/mol. The Balaban J connectivity index is 2.22. The third kappa shape index (κ3) is 2.42. The standard InChI is InChI=1S/C15H10F2N4O2/c1-2-3-6-21-15(23)20-8-7-19(14(22)13(20)18-21)10-4-5-11(16)12(17)9-10/h4-5,7-9H,6H2,1H3. The van der Waals surface area contributed by atoms with Crippen LogP contribution in [0.3, 0.4) is 0 Å². The predicted octanol–water partition coefficient (Wildman–Crippen LogP) is 0.948. The molecule has 2 aromatic heterocycles. The van der Waals surface area contributed by atoms with Crippen molar-refractivity contribution >= 4 is 5.65 Å². The molecule has 0 aliphatic heterocycles. The van der Waals surface area contributed by atoms with Gasteiger partial charge in [-0.3, -0.25) is 9.36 Å². The molecule has 0 amide bonds. The highest BCUT2D eigenvalue weighted by molar-refractivity contribution is 5.40. The van der Waals surface area contributed by atoms with E-state index in [1.54, 1.807) is 6.92 Å². The van der Waals surface area contributed by atoms with E-state index in [4.69, 9.17) is 0 Å². The summed E-state index contributed by atoms with van der Waals surface area (Å²) in [6, 6.07) is 3.07. The maximum atomic E-state index is 13.3. The highest BCUT2D eigenvalue weighted by Crippen LogP contribution is 2.11. The summed E-state index contributed by atoms with van der Waals surface area (Å²) in [4.78, 5) is 24.5. The lowest BCUT2D eigenvalue weighted by Gasteiger charge is -2.05. The summed E-state index contributed by atoms with van der Waals surface area (Å²) in [7, 11) is 0. The Labute approximate surface area is 128 Å². The van der Waals surface area contributed by atoms with Crippen LogP contribution in [-0.2, 0) is 6.54 Å². The number of hydrogen-bond donors (Lipinski definition) is 0. The third-order valence-electron chi connectivity index (χ3n) is 3.23. The predicted molar refractivity (Wildman–Crippen MR) is 78.4 cm³/mol. The van der Waals surface area contributed by atoms with Crippen LogP contribution >= 0.6 is 0 Å². The molecule has 0 N–H and O–H groups in total. The van der Waals surface area contributed by atoms with Gasteiger partial charge in [0.05, 0.1) is 5.69 Å². The molecule has 0 spiro atoms. The summed E-state index contributed by atoms with van der Waals surface area (Å²) in [5.41, 5.74) is -1.12. The Bertz CT molecular complexity index is 1080. The van der Waals surface area contributed by atoms with E-state index >= 15 is 0 Å². The molecule has 0 saturated heterocycles. The van der Waals surface area contributed by atoms with Crippen molar-refractivity contribution in [1.29, 1.82) is 0 Å². The largest absolute Gasteiger partial charge is 0.351 e. The molecule has 1 aromatic carbocycles. The van der Waals surface area contributed by atoms with E-state index in [1.165, 1.54) is 18.5 Å². The third-order valence-corrected chi connectivity index (χ3v) is 3.23. The van der Waals surface area contributed by atoms with Gasteiger partial charge in [-0.25, -0.2) is 22.7 Å². The highest BCUT2D eigenvalue weighted by atomic mass is 19.2. The lowest BCUT2D eigenvalue weighted by atomic mass is 10.3. The van der Waals surface area contributed by atoms with Crippen LogP contribution in [0.25, 0.3) is 11.3 Å². The number of hydrogen-bond acceptors (Lipinski definition) is 3. The quantitative estimate of drug-likeness (QED) is 0.661. The van der Waals surface area contributed by atoms with Crippen molar-refractivity contribution in [3.05, 3.63) is 63.1 Å². The van der Waals surface area contributed by atoms with Crippen molar-refractivity contribution in [3.63, 3.8) is 0 Å². The normalized spacial score (nSPS) is 10.6. The molecule has 3 rings (SSSR count). The van der Waals surface area contributed by atoms with Crippen molar-refractivity contribution in [2.75, 3.05) is 0 Å². The molecule has 2 heterocycles. The van der Waals surface area contributed by atoms with Gasteiger partial charge in [-0.2, -0.15) is 0 Å². The van der Waals surface area contributed by atoms with Gasteiger partial charge < -0.3 is 0 Å². The number of fused-ring (bicyclic) bond motifs is 1. The molecule has 6 nitrogen and oxygen atoms in total. The minimum absolute atomic E-state index is 0.0572. The number of halogens is 2. The van der Waals surface area contributed by atoms with Gasteiger partial charge in [0.1, 0.15) is 6.54 Å². The zero-order valence-electron chi connectivity index (χ0n) is 12.0. The minimum atomic E-state index is -1.07. The van der Waals surface area contributed by atoms with Crippen LogP contribution in [0.1, 0.15) is 6.92 Å². The lowest BCUT2D eigenvalue weighted by Crippen LogP contribution is -2.24. The van der Waals surface area contributed by atoms with Gasteiger partial charge >= 0.3 is 11.2 Å². The summed E-state index contributed by atoms with van der Waals surface area (Å²) in [6.07, 6.45) is 2.63. The van der Waals surface area contributed by atoms with E-state index in [0.717, 1.165) is 25.8 Å². The fraction of sp³-hybridized carbons (Fsp3) is 0.133. The highest BCUT2D eigenvalue weighted by Gasteiger charge is 2.13. The number of benzene rings is 1. The molecule has 0 radical (unpaired) electrons. The van der Waals surface area contributed by atoms with E-state index in [1.807, 2.05) is 0 Å². The van der Waals surface area contributed by atoms with Crippen LogP contribution in [0.4, 0.5) is 8.78 Å². The fourth-order valence-electron chi connectivity index (χ4n) is 2.10. The van der Waals surface area contributed by atoms with Crippen LogP contribution in [0.2, 0.25) is 0 Å². The first-order chi connectivity index (χ1) is 11.0. The van der Waals surface area contributed by atoms with Crippen molar-refractivity contribution < 1.29 is 8.78 Å². The maximum Gasteiger partial charge on any atom is 0.351 e. The number of nitrogens with zero attached hydrogens (tertiary/aromatic N) is 4. The van der Waals surface area contributed by atoms with E-state index in [2.05, 4.69) is 16.9 Å². The fourth-order valence-corrected chi connectivity index (χ4v) is 2.10. The van der Waals surface area contributed by atoms with Crippen molar-refractivity contribution in [2.45, 2.75) is 13.5 Å². The summed E-state index contributed by atoms with van der Waals surface area (Å²) in [5.74, 6) is 3.23. The van der Waals surface area contributed by atoms with Crippen molar-refractivity contribution in [2.24, 2.45) is 0 Å². The van der Waals surface area contributed by atoms with Crippen LogP contribution in [0.5, 0.6) is 0 Å². The number of aromatic nitrogens is 4. The molecule has 8 heteroatoms. The van der Waals surface area contributed by atoms with Gasteiger partial charge in [0.15, 0.2) is 11.6 Å². The van der Waals surface area contributed by atoms with Crippen molar-refractivity contribution in [3.8, 4) is 17.5 Å². The molecule has 3 aromatic rings.